The van der Waals surface area contributed by atoms with Crippen LogP contribution >= 0.6 is 0 Å². The Morgan fingerprint density at radius 2 is 1.59 bits per heavy atom. The molecule has 4 rings (SSSR count). The lowest BCUT2D eigenvalue weighted by molar-refractivity contribution is -0.384. The van der Waals surface area contributed by atoms with Crippen molar-refractivity contribution >= 4 is 17.5 Å². The van der Waals surface area contributed by atoms with Crippen LogP contribution in [0.3, 0.4) is 0 Å². The number of nitro benzene ring substituents is 1. The molecule has 0 radical (unpaired) electrons. The quantitative estimate of drug-likeness (QED) is 0.451. The normalized spacial score (nSPS) is 13.8. The molecule has 10 heteroatoms. The number of halogens is 1. The summed E-state index contributed by atoms with van der Waals surface area (Å²) in [4.78, 5) is 39.0. The van der Waals surface area contributed by atoms with Gasteiger partial charge < -0.3 is 9.80 Å². The second-order valence-electron chi connectivity index (χ2n) is 7.42. The maximum Gasteiger partial charge on any atom is 0.269 e. The molecule has 1 saturated heterocycles. The van der Waals surface area contributed by atoms with Crippen LogP contribution in [0.1, 0.15) is 15.9 Å². The molecule has 0 atom stereocenters. The van der Waals surface area contributed by atoms with Crippen molar-refractivity contribution in [3.63, 3.8) is 0 Å². The van der Waals surface area contributed by atoms with Gasteiger partial charge in [-0.25, -0.2) is 9.07 Å². The molecule has 2 heterocycles. The Labute approximate surface area is 182 Å². The van der Waals surface area contributed by atoms with Crippen molar-refractivity contribution in [3.05, 3.63) is 88.0 Å². The lowest BCUT2D eigenvalue weighted by Gasteiger charge is -2.34. The summed E-state index contributed by atoms with van der Waals surface area (Å²) in [7, 11) is 0. The Morgan fingerprint density at radius 3 is 2.22 bits per heavy atom. The number of aromatic nitrogens is 2. The molecule has 1 fully saturated rings. The van der Waals surface area contributed by atoms with Gasteiger partial charge >= 0.3 is 0 Å². The fourth-order valence-electron chi connectivity index (χ4n) is 3.53. The highest BCUT2D eigenvalue weighted by Gasteiger charge is 2.25. The number of nitro groups is 1. The number of rotatable bonds is 5. The van der Waals surface area contributed by atoms with E-state index in [9.17, 15) is 24.1 Å². The average molecular weight is 437 g/mol. The summed E-state index contributed by atoms with van der Waals surface area (Å²) in [5.74, 6) is -0.594. The van der Waals surface area contributed by atoms with Crippen LogP contribution in [-0.2, 0) is 11.2 Å². The number of hydrogen-bond acceptors (Lipinski definition) is 5. The van der Waals surface area contributed by atoms with Gasteiger partial charge in [0.05, 0.1) is 28.8 Å². The molecule has 1 aliphatic heterocycles. The predicted molar refractivity (Wildman–Crippen MR) is 113 cm³/mol. The molecule has 32 heavy (non-hydrogen) atoms. The van der Waals surface area contributed by atoms with Gasteiger partial charge in [0.1, 0.15) is 5.82 Å². The third kappa shape index (κ3) is 4.64. The van der Waals surface area contributed by atoms with Crippen LogP contribution in [-0.4, -0.2) is 62.5 Å². The summed E-state index contributed by atoms with van der Waals surface area (Å²) in [6, 6.07) is 11.7. The first kappa shape index (κ1) is 21.2. The Kier molecular flexibility index (Phi) is 5.93. The lowest BCUT2D eigenvalue weighted by atomic mass is 10.1. The number of amides is 2. The fraction of sp³-hybridized carbons (Fsp3) is 0.227. The number of piperazine rings is 1. The number of nitrogens with zero attached hydrogens (tertiary/aromatic N) is 5. The number of carbonyl (C=O) groups is 2. The van der Waals surface area contributed by atoms with E-state index < -0.39 is 4.92 Å². The Bertz CT molecular complexity index is 1140. The minimum absolute atomic E-state index is 0.0240. The summed E-state index contributed by atoms with van der Waals surface area (Å²) in [5, 5.41) is 15.0. The molecule has 0 aliphatic carbocycles. The standard InChI is InChI=1S/C22H20FN5O4/c23-18-3-1-16(2-4-18)13-21(29)25-9-11-26(12-10-25)22(30)17-14-24-27(15-17)19-5-7-20(8-6-19)28(31)32/h1-8,14-15H,9-13H2. The Balaban J connectivity index is 1.34. The third-order valence-corrected chi connectivity index (χ3v) is 5.34. The number of hydrogen-bond donors (Lipinski definition) is 0. The molecule has 1 aromatic heterocycles. The van der Waals surface area contributed by atoms with Crippen molar-refractivity contribution in [2.75, 3.05) is 26.2 Å². The van der Waals surface area contributed by atoms with Crippen molar-refractivity contribution in [2.24, 2.45) is 0 Å². The summed E-state index contributed by atoms with van der Waals surface area (Å²) in [5.41, 5.74) is 1.72. The van der Waals surface area contributed by atoms with Crippen LogP contribution in [0.15, 0.2) is 60.9 Å². The molecule has 0 bridgehead atoms. The fourth-order valence-corrected chi connectivity index (χ4v) is 3.53. The summed E-state index contributed by atoms with van der Waals surface area (Å²) < 4.78 is 14.5. The number of non-ortho nitro benzene ring substituents is 1. The zero-order chi connectivity index (χ0) is 22.7. The monoisotopic (exact) mass is 437 g/mol. The Hall–Kier alpha value is -4.08. The summed E-state index contributed by atoms with van der Waals surface area (Å²) >= 11 is 0. The maximum absolute atomic E-state index is 13.0. The van der Waals surface area contributed by atoms with E-state index >= 15 is 0 Å². The second-order valence-corrected chi connectivity index (χ2v) is 7.42. The summed E-state index contributed by atoms with van der Waals surface area (Å²) in [6.07, 6.45) is 3.22. The molecule has 0 N–H and O–H groups in total. The molecule has 3 aromatic rings. The van der Waals surface area contributed by atoms with E-state index in [4.69, 9.17) is 0 Å². The van der Waals surface area contributed by atoms with Crippen LogP contribution in [0.25, 0.3) is 5.69 Å². The van der Waals surface area contributed by atoms with Crippen molar-refractivity contribution < 1.29 is 18.9 Å². The number of carbonyl (C=O) groups excluding carboxylic acids is 2. The molecule has 164 valence electrons. The molecule has 1 aliphatic rings. The predicted octanol–water partition coefficient (Wildman–Crippen LogP) is 2.45. The highest BCUT2D eigenvalue weighted by Crippen LogP contribution is 2.16. The van der Waals surface area contributed by atoms with Gasteiger partial charge in [-0.2, -0.15) is 5.10 Å². The van der Waals surface area contributed by atoms with Crippen LogP contribution in [0.2, 0.25) is 0 Å². The van der Waals surface area contributed by atoms with Gasteiger partial charge in [0.25, 0.3) is 11.6 Å². The smallest absolute Gasteiger partial charge is 0.269 e. The highest BCUT2D eigenvalue weighted by atomic mass is 19.1. The first-order chi connectivity index (χ1) is 15.4. The van der Waals surface area contributed by atoms with Crippen LogP contribution in [0, 0.1) is 15.9 Å². The van der Waals surface area contributed by atoms with Gasteiger partial charge in [-0.3, -0.25) is 19.7 Å². The van der Waals surface area contributed by atoms with E-state index in [0.29, 0.717) is 37.4 Å². The molecular formula is C22H20FN5O4. The molecule has 0 saturated carbocycles. The lowest BCUT2D eigenvalue weighted by Crippen LogP contribution is -2.50. The van der Waals surface area contributed by atoms with Crippen molar-refractivity contribution in [1.82, 2.24) is 19.6 Å². The van der Waals surface area contributed by atoms with Crippen molar-refractivity contribution in [2.45, 2.75) is 6.42 Å². The highest BCUT2D eigenvalue weighted by molar-refractivity contribution is 5.94. The third-order valence-electron chi connectivity index (χ3n) is 5.34. The first-order valence-corrected chi connectivity index (χ1v) is 10.0. The van der Waals surface area contributed by atoms with E-state index in [1.54, 1.807) is 40.3 Å². The molecule has 2 amide bonds. The molecule has 2 aromatic carbocycles. The molecular weight excluding hydrogens is 417 g/mol. The van der Waals surface area contributed by atoms with Crippen molar-refractivity contribution in [3.8, 4) is 5.69 Å². The molecule has 0 unspecified atom stereocenters. The zero-order valence-electron chi connectivity index (χ0n) is 17.1. The van der Waals surface area contributed by atoms with Gasteiger partial charge in [0.15, 0.2) is 0 Å². The average Bonchev–Trinajstić information content (AvgIpc) is 3.30. The first-order valence-electron chi connectivity index (χ1n) is 10.0. The van der Waals surface area contributed by atoms with Crippen molar-refractivity contribution in [1.29, 1.82) is 0 Å². The SMILES string of the molecule is O=C(Cc1ccc(F)cc1)N1CCN(C(=O)c2cnn(-c3ccc([N+](=O)[O-])cc3)c2)CC1. The van der Waals surface area contributed by atoms with Gasteiger partial charge in [-0.05, 0) is 29.8 Å². The van der Waals surface area contributed by atoms with E-state index in [-0.39, 0.29) is 29.7 Å². The maximum atomic E-state index is 13.0. The van der Waals surface area contributed by atoms with Gasteiger partial charge in [-0.15, -0.1) is 0 Å². The minimum atomic E-state index is -0.480. The topological polar surface area (TPSA) is 102 Å². The van der Waals surface area contributed by atoms with Crippen LogP contribution < -0.4 is 0 Å². The van der Waals surface area contributed by atoms with Gasteiger partial charge in [-0.1, -0.05) is 12.1 Å². The molecule has 9 nitrogen and oxygen atoms in total. The van der Waals surface area contributed by atoms with Crippen LogP contribution in [0.5, 0.6) is 0 Å². The van der Waals surface area contributed by atoms with E-state index in [2.05, 4.69) is 5.10 Å². The minimum Gasteiger partial charge on any atom is -0.339 e. The van der Waals surface area contributed by atoms with Gasteiger partial charge in [0, 0.05) is 44.5 Å². The Morgan fingerprint density at radius 1 is 0.969 bits per heavy atom. The van der Waals surface area contributed by atoms with Gasteiger partial charge in [0.2, 0.25) is 5.91 Å². The largest absolute Gasteiger partial charge is 0.339 e. The molecule has 0 spiro atoms. The van der Waals surface area contributed by atoms with E-state index in [1.807, 2.05) is 0 Å². The van der Waals surface area contributed by atoms with E-state index in [1.165, 1.54) is 35.1 Å². The number of benzene rings is 2. The zero-order valence-corrected chi connectivity index (χ0v) is 17.1. The van der Waals surface area contributed by atoms with Crippen LogP contribution in [0.4, 0.5) is 10.1 Å². The summed E-state index contributed by atoms with van der Waals surface area (Å²) in [6.45, 7) is 1.64. The van der Waals surface area contributed by atoms with E-state index in [0.717, 1.165) is 5.56 Å². The second kappa shape index (κ2) is 8.96.